The lowest BCUT2D eigenvalue weighted by Gasteiger charge is -2.30. The first-order valence-corrected chi connectivity index (χ1v) is 30.4. The van der Waals surface area contributed by atoms with E-state index in [-0.39, 0.29) is 25.4 Å². The van der Waals surface area contributed by atoms with E-state index in [4.69, 9.17) is 13.8 Å². The third-order valence-electron chi connectivity index (χ3n) is 12.3. The highest BCUT2D eigenvalue weighted by Crippen LogP contribution is 2.38. The maximum atomic E-state index is 13.5. The Morgan fingerprint density at radius 1 is 0.493 bits per heavy atom. The number of phosphoric acid groups is 1. The van der Waals surface area contributed by atoms with Gasteiger partial charge < -0.3 is 28.5 Å². The van der Waals surface area contributed by atoms with Crippen molar-refractivity contribution in [3.8, 4) is 0 Å². The average molecular weight is 1010 g/mol. The van der Waals surface area contributed by atoms with E-state index in [2.05, 4.69) is 92.9 Å². The number of phosphoric ester groups is 1. The first-order valence-electron chi connectivity index (χ1n) is 28.9. The molecule has 0 aromatic rings. The molecule has 0 aliphatic heterocycles. The van der Waals surface area contributed by atoms with Gasteiger partial charge in [-0.1, -0.05) is 215 Å². The Morgan fingerprint density at radius 2 is 0.873 bits per heavy atom. The molecule has 410 valence electrons. The van der Waals surface area contributed by atoms with E-state index >= 15 is 0 Å². The zero-order valence-corrected chi connectivity index (χ0v) is 47.5. The lowest BCUT2D eigenvalue weighted by molar-refractivity contribution is -0.870. The van der Waals surface area contributed by atoms with E-state index in [1.165, 1.54) is 122 Å². The summed E-state index contributed by atoms with van der Waals surface area (Å²) in [5.41, 5.74) is 0. The number of ether oxygens (including phenoxy) is 1. The molecule has 0 radical (unpaired) electrons. The van der Waals surface area contributed by atoms with Crippen molar-refractivity contribution in [3.63, 3.8) is 0 Å². The van der Waals surface area contributed by atoms with Crippen molar-refractivity contribution in [1.82, 2.24) is 5.32 Å². The molecule has 0 aliphatic rings. The SMILES string of the molecule is CCCCC/C=C\C/C=C\C/C=C\C/C=C\CCCCCC(=O)NC(COP(=O)([O-])OCC[N+](C)(C)C)C(/C=C\CCCCCCCCCCCCC)OC(=O)CC/C=C/C/C=C\CCCCCCCC. The standard InChI is InChI=1S/C61H109N2O7P/c1-7-10-13-16-19-22-25-28-29-30-31-32-33-36-38-41-44-47-50-53-60(64)62-58(57-69-71(66,67)68-56-55-63(4,5)6)59(52-49-46-43-40-37-34-26-23-20-17-14-11-8-2)70-61(65)54-51-48-45-42-39-35-27-24-21-18-15-12-9-3/h19,22,28-29,31-32,35-36,38-39,45,48-49,52,58-59H,7-18,20-21,23-27,30,33-34,37,40-44,46-47,50-51,53-57H2,1-6H3,(H-,62,64,66,67)/b22-19-,29-28-,32-31-,38-36-,39-35-,48-45+,52-49-. The predicted octanol–water partition coefficient (Wildman–Crippen LogP) is 16.8. The molecule has 0 bridgehead atoms. The van der Waals surface area contributed by atoms with Gasteiger partial charge >= 0.3 is 5.97 Å². The van der Waals surface area contributed by atoms with Gasteiger partial charge in [0.05, 0.1) is 33.8 Å². The first-order chi connectivity index (χ1) is 34.4. The number of quaternary nitrogens is 1. The second kappa shape index (κ2) is 50.7. The average Bonchev–Trinajstić information content (AvgIpc) is 3.33. The molecular weight excluding hydrogens is 904 g/mol. The number of carbonyl (C=O) groups is 2. The van der Waals surface area contributed by atoms with Crippen molar-refractivity contribution >= 4 is 19.7 Å². The number of carbonyl (C=O) groups excluding carboxylic acids is 2. The summed E-state index contributed by atoms with van der Waals surface area (Å²) >= 11 is 0. The van der Waals surface area contributed by atoms with E-state index in [9.17, 15) is 19.0 Å². The number of likely N-dealkylation sites (N-methyl/N-ethyl adjacent to an activating group) is 1. The summed E-state index contributed by atoms with van der Waals surface area (Å²) in [4.78, 5) is 39.8. The van der Waals surface area contributed by atoms with Crippen LogP contribution < -0.4 is 10.2 Å². The molecular formula is C61H109N2O7P. The Balaban J connectivity index is 5.48. The summed E-state index contributed by atoms with van der Waals surface area (Å²) in [6.07, 6.45) is 65.6. The second-order valence-electron chi connectivity index (χ2n) is 20.4. The molecule has 1 amide bonds. The number of hydrogen-bond acceptors (Lipinski definition) is 7. The minimum absolute atomic E-state index is 0.0396. The van der Waals surface area contributed by atoms with Crippen LogP contribution >= 0.6 is 7.82 Å². The van der Waals surface area contributed by atoms with Crippen molar-refractivity contribution in [1.29, 1.82) is 0 Å². The summed E-state index contributed by atoms with van der Waals surface area (Å²) in [6, 6.07) is -0.930. The topological polar surface area (TPSA) is 114 Å². The number of hydrogen-bond donors (Lipinski definition) is 1. The third kappa shape index (κ3) is 51.9. The molecule has 0 rings (SSSR count). The van der Waals surface area contributed by atoms with Crippen molar-refractivity contribution in [2.24, 2.45) is 0 Å². The van der Waals surface area contributed by atoms with Gasteiger partial charge in [-0.05, 0) is 96.0 Å². The number of amides is 1. The molecule has 9 nitrogen and oxygen atoms in total. The molecule has 0 aromatic heterocycles. The van der Waals surface area contributed by atoms with E-state index in [0.29, 0.717) is 23.9 Å². The molecule has 0 spiro atoms. The van der Waals surface area contributed by atoms with Gasteiger partial charge in [-0.25, -0.2) is 0 Å². The highest BCUT2D eigenvalue weighted by Gasteiger charge is 2.27. The Kier molecular flexibility index (Phi) is 48.7. The van der Waals surface area contributed by atoms with Crippen LogP contribution in [0.15, 0.2) is 85.1 Å². The van der Waals surface area contributed by atoms with Gasteiger partial charge in [0.25, 0.3) is 7.82 Å². The van der Waals surface area contributed by atoms with Gasteiger partial charge in [-0.3, -0.25) is 14.2 Å². The van der Waals surface area contributed by atoms with Crippen LogP contribution in [-0.4, -0.2) is 69.4 Å². The summed E-state index contributed by atoms with van der Waals surface area (Å²) in [7, 11) is 1.13. The predicted molar refractivity (Wildman–Crippen MR) is 302 cm³/mol. The molecule has 0 fully saturated rings. The zero-order valence-electron chi connectivity index (χ0n) is 46.7. The molecule has 3 unspecified atom stereocenters. The molecule has 10 heteroatoms. The van der Waals surface area contributed by atoms with E-state index in [1.807, 2.05) is 33.3 Å². The maximum Gasteiger partial charge on any atom is 0.306 e. The van der Waals surface area contributed by atoms with Crippen LogP contribution in [0.5, 0.6) is 0 Å². The third-order valence-corrected chi connectivity index (χ3v) is 13.3. The molecule has 1 N–H and O–H groups in total. The molecule has 0 saturated heterocycles. The number of nitrogens with one attached hydrogen (secondary N) is 1. The van der Waals surface area contributed by atoms with Crippen molar-refractivity contribution in [2.45, 2.75) is 251 Å². The highest BCUT2D eigenvalue weighted by molar-refractivity contribution is 7.45. The Bertz CT molecular complexity index is 1490. The molecule has 0 aromatic carbocycles. The Labute approximate surface area is 437 Å². The number of rotatable bonds is 51. The number of unbranched alkanes of at least 4 members (excludes halogenated alkanes) is 23. The summed E-state index contributed by atoms with van der Waals surface area (Å²) in [6.45, 7) is 6.73. The van der Waals surface area contributed by atoms with E-state index in [1.54, 1.807) is 6.08 Å². The van der Waals surface area contributed by atoms with E-state index in [0.717, 1.165) is 70.6 Å². The van der Waals surface area contributed by atoms with Crippen LogP contribution in [-0.2, 0) is 27.9 Å². The van der Waals surface area contributed by atoms with Gasteiger partial charge in [-0.2, -0.15) is 0 Å². The first kappa shape index (κ1) is 68.2. The molecule has 0 aliphatic carbocycles. The van der Waals surface area contributed by atoms with Crippen LogP contribution in [0.2, 0.25) is 0 Å². The smallest absolute Gasteiger partial charge is 0.306 e. The maximum absolute atomic E-state index is 13.5. The van der Waals surface area contributed by atoms with E-state index < -0.39 is 32.5 Å². The number of allylic oxidation sites excluding steroid dienone is 13. The number of esters is 1. The Hall–Kier alpha value is -2.81. The van der Waals surface area contributed by atoms with Crippen LogP contribution in [0.25, 0.3) is 0 Å². The molecule has 71 heavy (non-hydrogen) atoms. The van der Waals surface area contributed by atoms with Gasteiger partial charge in [0.15, 0.2) is 0 Å². The highest BCUT2D eigenvalue weighted by atomic mass is 31.2. The van der Waals surface area contributed by atoms with Crippen LogP contribution in [0.1, 0.15) is 239 Å². The van der Waals surface area contributed by atoms with Gasteiger partial charge in [0, 0.05) is 12.8 Å². The van der Waals surface area contributed by atoms with Gasteiger partial charge in [0.2, 0.25) is 5.91 Å². The quantitative estimate of drug-likeness (QED) is 0.0212. The summed E-state index contributed by atoms with van der Waals surface area (Å²) < 4.78 is 30.1. The van der Waals surface area contributed by atoms with Crippen molar-refractivity contribution < 1.29 is 37.3 Å². The zero-order chi connectivity index (χ0) is 52.2. The fourth-order valence-corrected chi connectivity index (χ4v) is 8.51. The fraction of sp³-hybridized carbons (Fsp3) is 0.738. The summed E-state index contributed by atoms with van der Waals surface area (Å²) in [5, 5.41) is 2.99. The van der Waals surface area contributed by atoms with Gasteiger partial charge in [0.1, 0.15) is 19.3 Å². The molecule has 3 atom stereocenters. The normalized spacial score (nSPS) is 14.4. The summed E-state index contributed by atoms with van der Waals surface area (Å²) in [5.74, 6) is -0.659. The van der Waals surface area contributed by atoms with Crippen LogP contribution in [0, 0.1) is 0 Å². The van der Waals surface area contributed by atoms with Gasteiger partial charge in [-0.15, -0.1) is 0 Å². The minimum atomic E-state index is -4.72. The van der Waals surface area contributed by atoms with Crippen LogP contribution in [0.4, 0.5) is 0 Å². The van der Waals surface area contributed by atoms with Crippen molar-refractivity contribution in [2.75, 3.05) is 40.9 Å². The van der Waals surface area contributed by atoms with Crippen LogP contribution in [0.3, 0.4) is 0 Å². The lowest BCUT2D eigenvalue weighted by atomic mass is 10.0. The second-order valence-corrected chi connectivity index (χ2v) is 21.8. The molecule has 0 heterocycles. The fourth-order valence-electron chi connectivity index (χ4n) is 7.79. The largest absolute Gasteiger partial charge is 0.756 e. The monoisotopic (exact) mass is 1010 g/mol. The lowest BCUT2D eigenvalue weighted by Crippen LogP contribution is -2.47. The Morgan fingerprint density at radius 3 is 1.34 bits per heavy atom. The van der Waals surface area contributed by atoms with Crippen molar-refractivity contribution in [3.05, 3.63) is 85.1 Å². The minimum Gasteiger partial charge on any atom is -0.756 e. The number of nitrogens with zero attached hydrogens (tertiary/aromatic N) is 1. The molecule has 0 saturated carbocycles.